The summed E-state index contributed by atoms with van der Waals surface area (Å²) in [6.07, 6.45) is 0.263. The van der Waals surface area contributed by atoms with E-state index in [0.717, 1.165) is 0 Å². The van der Waals surface area contributed by atoms with Crippen LogP contribution < -0.4 is 16.2 Å². The number of nitro groups is 1. The van der Waals surface area contributed by atoms with E-state index >= 15 is 0 Å². The van der Waals surface area contributed by atoms with E-state index < -0.39 is 16.4 Å². The molecule has 0 radical (unpaired) electrons. The Labute approximate surface area is 110 Å². The molecule has 1 amide bonds. The van der Waals surface area contributed by atoms with Crippen LogP contribution in [0.2, 0.25) is 0 Å². The lowest BCUT2D eigenvalue weighted by molar-refractivity contribution is -0.384. The average Bonchev–Trinajstić information content (AvgIpc) is 2.30. The maximum absolute atomic E-state index is 11.0. The Morgan fingerprint density at radius 2 is 2.16 bits per heavy atom. The predicted octanol–water partition coefficient (Wildman–Crippen LogP) is 0.875. The van der Waals surface area contributed by atoms with Crippen molar-refractivity contribution in [3.63, 3.8) is 0 Å². The second kappa shape index (κ2) is 5.66. The molecule has 0 fully saturated rings. The molecule has 0 aliphatic rings. The maximum atomic E-state index is 11.0. The fourth-order valence-electron chi connectivity index (χ4n) is 1.41. The third-order valence-corrected chi connectivity index (χ3v) is 2.81. The topological polar surface area (TPSA) is 121 Å². The molecule has 1 atom stereocenters. The molecule has 0 aromatic heterocycles. The van der Waals surface area contributed by atoms with Gasteiger partial charge in [0, 0.05) is 18.6 Å². The third kappa shape index (κ3) is 3.92. The van der Waals surface area contributed by atoms with Gasteiger partial charge in [0.2, 0.25) is 5.91 Å². The maximum Gasteiger partial charge on any atom is 0.269 e. The van der Waals surface area contributed by atoms with Gasteiger partial charge in [-0.1, -0.05) is 0 Å². The van der Waals surface area contributed by atoms with Crippen LogP contribution >= 0.6 is 0 Å². The molecule has 7 nitrogen and oxygen atoms in total. The second-order valence-electron chi connectivity index (χ2n) is 4.59. The van der Waals surface area contributed by atoms with Gasteiger partial charge in [-0.25, -0.2) is 0 Å². The number of ether oxygens (including phenoxy) is 1. The van der Waals surface area contributed by atoms with Crippen LogP contribution in [0.1, 0.15) is 18.9 Å². The van der Waals surface area contributed by atoms with E-state index in [1.54, 1.807) is 6.92 Å². The summed E-state index contributed by atoms with van der Waals surface area (Å²) in [4.78, 5) is 21.1. The fraction of sp³-hybridized carbons (Fsp3) is 0.417. The highest BCUT2D eigenvalue weighted by atomic mass is 16.6. The molecule has 4 N–H and O–H groups in total. The highest BCUT2D eigenvalue weighted by Gasteiger charge is 2.25. The smallest absolute Gasteiger partial charge is 0.269 e. The Hall–Kier alpha value is -2.15. The molecule has 1 aromatic rings. The van der Waals surface area contributed by atoms with Gasteiger partial charge in [0.05, 0.1) is 17.1 Å². The van der Waals surface area contributed by atoms with Gasteiger partial charge in [0.25, 0.3) is 5.69 Å². The largest absolute Gasteiger partial charge is 0.493 e. The standard InChI is InChI=1S/C12H17N3O4/c1-8-7-9(15(17)18)3-4-10(8)19-6-5-12(2,14)11(13)16/h3-4,7H,5-6,14H2,1-2H3,(H2,13,16). The van der Waals surface area contributed by atoms with Crippen LogP contribution in [0.4, 0.5) is 5.69 Å². The van der Waals surface area contributed by atoms with E-state index in [1.165, 1.54) is 25.1 Å². The molecule has 0 spiro atoms. The number of amides is 1. The molecular weight excluding hydrogens is 250 g/mol. The minimum atomic E-state index is -1.13. The number of hydrogen-bond acceptors (Lipinski definition) is 5. The van der Waals surface area contributed by atoms with Crippen LogP contribution in [0.5, 0.6) is 5.75 Å². The second-order valence-corrected chi connectivity index (χ2v) is 4.59. The predicted molar refractivity (Wildman–Crippen MR) is 69.7 cm³/mol. The van der Waals surface area contributed by atoms with E-state index in [1.807, 2.05) is 0 Å². The lowest BCUT2D eigenvalue weighted by Gasteiger charge is -2.20. The normalized spacial score (nSPS) is 13.6. The van der Waals surface area contributed by atoms with Crippen molar-refractivity contribution in [1.29, 1.82) is 0 Å². The van der Waals surface area contributed by atoms with Crippen molar-refractivity contribution in [2.45, 2.75) is 25.8 Å². The Bertz CT molecular complexity index is 500. The number of benzene rings is 1. The number of aryl methyl sites for hydroxylation is 1. The van der Waals surface area contributed by atoms with Crippen molar-refractivity contribution in [2.75, 3.05) is 6.61 Å². The first kappa shape index (κ1) is 14.9. The Morgan fingerprint density at radius 3 is 2.63 bits per heavy atom. The van der Waals surface area contributed by atoms with Gasteiger partial charge in [-0.15, -0.1) is 0 Å². The molecule has 0 saturated carbocycles. The Kier molecular flexibility index (Phi) is 4.44. The zero-order valence-electron chi connectivity index (χ0n) is 10.9. The van der Waals surface area contributed by atoms with Crippen LogP contribution in [-0.2, 0) is 4.79 Å². The fourth-order valence-corrected chi connectivity index (χ4v) is 1.41. The van der Waals surface area contributed by atoms with E-state index in [4.69, 9.17) is 16.2 Å². The summed E-state index contributed by atoms with van der Waals surface area (Å²) in [5.41, 5.74) is 10.3. The van der Waals surface area contributed by atoms with E-state index in [0.29, 0.717) is 11.3 Å². The average molecular weight is 267 g/mol. The van der Waals surface area contributed by atoms with Gasteiger partial charge >= 0.3 is 0 Å². The molecule has 1 rings (SSSR count). The summed E-state index contributed by atoms with van der Waals surface area (Å²) < 4.78 is 5.45. The summed E-state index contributed by atoms with van der Waals surface area (Å²) in [6.45, 7) is 3.44. The van der Waals surface area contributed by atoms with E-state index in [-0.39, 0.29) is 18.7 Å². The highest BCUT2D eigenvalue weighted by Crippen LogP contribution is 2.23. The van der Waals surface area contributed by atoms with Crippen molar-refractivity contribution in [1.82, 2.24) is 0 Å². The first-order valence-corrected chi connectivity index (χ1v) is 5.70. The zero-order chi connectivity index (χ0) is 14.6. The number of hydrogen-bond donors (Lipinski definition) is 2. The van der Waals surface area contributed by atoms with Gasteiger partial charge in [-0.3, -0.25) is 14.9 Å². The van der Waals surface area contributed by atoms with Gasteiger partial charge in [-0.05, 0) is 25.5 Å². The number of primary amides is 1. The lowest BCUT2D eigenvalue weighted by Crippen LogP contribution is -2.50. The quantitative estimate of drug-likeness (QED) is 0.585. The van der Waals surface area contributed by atoms with Crippen LogP contribution in [0.3, 0.4) is 0 Å². The molecule has 0 aliphatic heterocycles. The number of nitrogens with two attached hydrogens (primary N) is 2. The SMILES string of the molecule is Cc1cc([N+](=O)[O-])ccc1OCCC(C)(N)C(N)=O. The molecule has 1 unspecified atom stereocenters. The van der Waals surface area contributed by atoms with Crippen molar-refractivity contribution >= 4 is 11.6 Å². The number of carbonyl (C=O) groups excluding carboxylic acids is 1. The molecule has 0 heterocycles. The van der Waals surface area contributed by atoms with Crippen molar-refractivity contribution < 1.29 is 14.5 Å². The summed E-state index contributed by atoms with van der Waals surface area (Å²) in [6, 6.07) is 4.30. The van der Waals surface area contributed by atoms with Crippen molar-refractivity contribution in [3.05, 3.63) is 33.9 Å². The number of carbonyl (C=O) groups is 1. The number of rotatable bonds is 6. The summed E-state index contributed by atoms with van der Waals surface area (Å²) >= 11 is 0. The van der Waals surface area contributed by atoms with Gasteiger partial charge in [-0.2, -0.15) is 0 Å². The van der Waals surface area contributed by atoms with Gasteiger partial charge in [0.15, 0.2) is 0 Å². The summed E-state index contributed by atoms with van der Waals surface area (Å²) in [7, 11) is 0. The molecule has 19 heavy (non-hydrogen) atoms. The van der Waals surface area contributed by atoms with Crippen LogP contribution in [0, 0.1) is 17.0 Å². The van der Waals surface area contributed by atoms with Crippen LogP contribution in [0.15, 0.2) is 18.2 Å². The molecule has 104 valence electrons. The number of non-ortho nitro benzene ring substituents is 1. The molecule has 1 aromatic carbocycles. The number of nitro benzene ring substituents is 1. The minimum Gasteiger partial charge on any atom is -0.493 e. The lowest BCUT2D eigenvalue weighted by atomic mass is 9.99. The Balaban J connectivity index is 2.64. The highest BCUT2D eigenvalue weighted by molar-refractivity contribution is 5.83. The third-order valence-electron chi connectivity index (χ3n) is 2.81. The Morgan fingerprint density at radius 1 is 1.53 bits per heavy atom. The van der Waals surface area contributed by atoms with Crippen LogP contribution in [0.25, 0.3) is 0 Å². The minimum absolute atomic E-state index is 0.00523. The molecular formula is C12H17N3O4. The number of nitrogens with zero attached hydrogens (tertiary/aromatic N) is 1. The van der Waals surface area contributed by atoms with Crippen molar-refractivity contribution in [3.8, 4) is 5.75 Å². The van der Waals surface area contributed by atoms with Gasteiger partial charge < -0.3 is 16.2 Å². The first-order valence-electron chi connectivity index (χ1n) is 5.70. The molecule has 0 aliphatic carbocycles. The molecule has 7 heteroatoms. The zero-order valence-corrected chi connectivity index (χ0v) is 10.9. The monoisotopic (exact) mass is 267 g/mol. The van der Waals surface area contributed by atoms with Gasteiger partial charge in [0.1, 0.15) is 5.75 Å². The van der Waals surface area contributed by atoms with Crippen molar-refractivity contribution in [2.24, 2.45) is 11.5 Å². The van der Waals surface area contributed by atoms with Crippen LogP contribution in [-0.4, -0.2) is 23.0 Å². The molecule has 0 bridgehead atoms. The van der Waals surface area contributed by atoms with E-state index in [9.17, 15) is 14.9 Å². The van der Waals surface area contributed by atoms with E-state index in [2.05, 4.69) is 0 Å². The first-order chi connectivity index (χ1) is 8.74. The summed E-state index contributed by atoms with van der Waals surface area (Å²) in [5.74, 6) is -0.0811. The molecule has 0 saturated heterocycles. The summed E-state index contributed by atoms with van der Waals surface area (Å²) in [5, 5.41) is 10.6.